The number of rotatable bonds is 12. The van der Waals surface area contributed by atoms with Gasteiger partial charge in [-0.05, 0) is 25.2 Å². The Hall–Kier alpha value is -2.38. The summed E-state index contributed by atoms with van der Waals surface area (Å²) in [5.41, 5.74) is 0. The van der Waals surface area contributed by atoms with Crippen LogP contribution >= 0.6 is 0 Å². The summed E-state index contributed by atoms with van der Waals surface area (Å²) in [5.74, 6) is -0.692. The molecular weight excluding hydrogens is 362 g/mol. The minimum absolute atomic E-state index is 0.00168. The SMILES string of the molecule is C=CCOC(=O)NC(=O)C1CCCN1C(=O)C(CNC=O)CC(CC)CCC. The maximum absolute atomic E-state index is 13.1. The van der Waals surface area contributed by atoms with E-state index in [1.54, 1.807) is 0 Å². The second-order valence-corrected chi connectivity index (χ2v) is 7.09. The molecule has 158 valence electrons. The van der Waals surface area contributed by atoms with Crippen LogP contribution in [0.1, 0.15) is 52.4 Å². The van der Waals surface area contributed by atoms with Crippen molar-refractivity contribution in [3.05, 3.63) is 12.7 Å². The van der Waals surface area contributed by atoms with Crippen LogP contribution in [0.25, 0.3) is 0 Å². The molecule has 0 aromatic rings. The predicted molar refractivity (Wildman–Crippen MR) is 105 cm³/mol. The quantitative estimate of drug-likeness (QED) is 0.388. The molecule has 1 aliphatic heterocycles. The number of imide groups is 1. The summed E-state index contributed by atoms with van der Waals surface area (Å²) in [6.07, 6.45) is 5.98. The molecule has 1 rings (SSSR count). The number of alkyl carbamates (subject to hydrolysis) is 1. The molecule has 1 aliphatic rings. The molecule has 0 aliphatic carbocycles. The number of carbonyl (C=O) groups is 4. The van der Waals surface area contributed by atoms with Gasteiger partial charge >= 0.3 is 6.09 Å². The molecule has 8 heteroatoms. The molecule has 3 atom stereocenters. The zero-order valence-corrected chi connectivity index (χ0v) is 16.9. The van der Waals surface area contributed by atoms with Gasteiger partial charge in [0.25, 0.3) is 5.91 Å². The Morgan fingerprint density at radius 1 is 1.32 bits per heavy atom. The Morgan fingerprint density at radius 2 is 2.07 bits per heavy atom. The van der Waals surface area contributed by atoms with E-state index in [1.807, 2.05) is 0 Å². The lowest BCUT2D eigenvalue weighted by Gasteiger charge is -2.29. The van der Waals surface area contributed by atoms with Crippen molar-refractivity contribution >= 4 is 24.3 Å². The van der Waals surface area contributed by atoms with Crippen molar-refractivity contribution < 1.29 is 23.9 Å². The maximum atomic E-state index is 13.1. The van der Waals surface area contributed by atoms with Gasteiger partial charge in [-0.1, -0.05) is 45.8 Å². The fourth-order valence-corrected chi connectivity index (χ4v) is 3.65. The highest BCUT2D eigenvalue weighted by atomic mass is 16.5. The first kappa shape index (κ1) is 23.7. The van der Waals surface area contributed by atoms with Gasteiger partial charge in [0.1, 0.15) is 12.6 Å². The van der Waals surface area contributed by atoms with Crippen LogP contribution in [0.5, 0.6) is 0 Å². The first-order valence-corrected chi connectivity index (χ1v) is 10.0. The molecule has 0 radical (unpaired) electrons. The molecule has 28 heavy (non-hydrogen) atoms. The van der Waals surface area contributed by atoms with Crippen LogP contribution in [0.3, 0.4) is 0 Å². The van der Waals surface area contributed by atoms with Crippen molar-refractivity contribution in [1.82, 2.24) is 15.5 Å². The van der Waals surface area contributed by atoms with E-state index in [-0.39, 0.29) is 25.0 Å². The van der Waals surface area contributed by atoms with Crippen molar-refractivity contribution in [1.29, 1.82) is 0 Å². The van der Waals surface area contributed by atoms with Crippen molar-refractivity contribution in [2.24, 2.45) is 11.8 Å². The molecule has 0 aromatic heterocycles. The van der Waals surface area contributed by atoms with Crippen LogP contribution in [0.2, 0.25) is 0 Å². The molecule has 8 nitrogen and oxygen atoms in total. The number of amides is 4. The van der Waals surface area contributed by atoms with Gasteiger partial charge in [0.05, 0.1) is 5.92 Å². The van der Waals surface area contributed by atoms with E-state index >= 15 is 0 Å². The van der Waals surface area contributed by atoms with Gasteiger partial charge in [-0.3, -0.25) is 19.7 Å². The highest BCUT2D eigenvalue weighted by Crippen LogP contribution is 2.26. The summed E-state index contributed by atoms with van der Waals surface area (Å²) in [6.45, 7) is 8.34. The number of ether oxygens (including phenoxy) is 1. The molecule has 1 fully saturated rings. The minimum atomic E-state index is -0.850. The lowest BCUT2D eigenvalue weighted by molar-refractivity contribution is -0.141. The zero-order chi connectivity index (χ0) is 20.9. The Kier molecular flexibility index (Phi) is 10.9. The molecule has 3 unspecified atom stereocenters. The third-order valence-electron chi connectivity index (χ3n) is 5.09. The van der Waals surface area contributed by atoms with Gasteiger partial charge in [0.2, 0.25) is 12.3 Å². The number of hydrogen-bond donors (Lipinski definition) is 2. The smallest absolute Gasteiger partial charge is 0.414 e. The normalized spacial score (nSPS) is 18.1. The van der Waals surface area contributed by atoms with E-state index in [0.717, 1.165) is 19.3 Å². The zero-order valence-electron chi connectivity index (χ0n) is 16.9. The third-order valence-corrected chi connectivity index (χ3v) is 5.09. The largest absolute Gasteiger partial charge is 0.445 e. The minimum Gasteiger partial charge on any atom is -0.445 e. The fraction of sp³-hybridized carbons (Fsp3) is 0.700. The number of nitrogens with zero attached hydrogens (tertiary/aromatic N) is 1. The van der Waals surface area contributed by atoms with E-state index in [4.69, 9.17) is 4.74 Å². The number of nitrogens with one attached hydrogen (secondary N) is 2. The average molecular weight is 396 g/mol. The van der Waals surface area contributed by atoms with Crippen molar-refractivity contribution in [2.45, 2.75) is 58.4 Å². The molecular formula is C20H33N3O5. The Bertz CT molecular complexity index is 552. The van der Waals surface area contributed by atoms with Crippen LogP contribution in [0.4, 0.5) is 4.79 Å². The average Bonchev–Trinajstić information content (AvgIpc) is 3.18. The van der Waals surface area contributed by atoms with Gasteiger partial charge in [-0.15, -0.1) is 0 Å². The molecule has 0 saturated carbocycles. The summed E-state index contributed by atoms with van der Waals surface area (Å²) in [7, 11) is 0. The topological polar surface area (TPSA) is 105 Å². The van der Waals surface area contributed by atoms with Crippen LogP contribution in [-0.2, 0) is 19.1 Å². The lowest BCUT2D eigenvalue weighted by Crippen LogP contribution is -2.50. The lowest BCUT2D eigenvalue weighted by atomic mass is 9.88. The second-order valence-electron chi connectivity index (χ2n) is 7.09. The molecule has 2 N–H and O–H groups in total. The van der Waals surface area contributed by atoms with E-state index < -0.39 is 18.0 Å². The van der Waals surface area contributed by atoms with Crippen LogP contribution in [-0.4, -0.2) is 55.0 Å². The number of likely N-dealkylation sites (tertiary alicyclic amines) is 1. The summed E-state index contributed by atoms with van der Waals surface area (Å²) in [5, 5.41) is 4.79. The summed E-state index contributed by atoms with van der Waals surface area (Å²) in [6, 6.07) is -0.700. The van der Waals surface area contributed by atoms with Crippen molar-refractivity contribution in [2.75, 3.05) is 19.7 Å². The highest BCUT2D eigenvalue weighted by molar-refractivity contribution is 5.97. The number of hydrogen-bond acceptors (Lipinski definition) is 5. The van der Waals surface area contributed by atoms with E-state index in [0.29, 0.717) is 38.1 Å². The van der Waals surface area contributed by atoms with Gasteiger partial charge in [0.15, 0.2) is 0 Å². The molecule has 0 aromatic carbocycles. The van der Waals surface area contributed by atoms with Gasteiger partial charge in [0, 0.05) is 13.1 Å². The van der Waals surface area contributed by atoms with Gasteiger partial charge in [-0.25, -0.2) is 4.79 Å². The summed E-state index contributed by atoms with van der Waals surface area (Å²) >= 11 is 0. The van der Waals surface area contributed by atoms with E-state index in [1.165, 1.54) is 11.0 Å². The molecule has 1 heterocycles. The predicted octanol–water partition coefficient (Wildman–Crippen LogP) is 1.99. The first-order chi connectivity index (χ1) is 13.5. The maximum Gasteiger partial charge on any atom is 0.414 e. The van der Waals surface area contributed by atoms with E-state index in [2.05, 4.69) is 31.1 Å². The Morgan fingerprint density at radius 3 is 2.68 bits per heavy atom. The van der Waals surface area contributed by atoms with Gasteiger partial charge < -0.3 is 15.0 Å². The molecule has 0 spiro atoms. The Labute approximate surface area is 167 Å². The van der Waals surface area contributed by atoms with Crippen molar-refractivity contribution in [3.8, 4) is 0 Å². The monoisotopic (exact) mass is 395 g/mol. The fourth-order valence-electron chi connectivity index (χ4n) is 3.65. The second kappa shape index (κ2) is 12.9. The third kappa shape index (κ3) is 7.32. The van der Waals surface area contributed by atoms with Gasteiger partial charge in [-0.2, -0.15) is 0 Å². The molecule has 0 bridgehead atoms. The van der Waals surface area contributed by atoms with Crippen LogP contribution in [0, 0.1) is 11.8 Å². The van der Waals surface area contributed by atoms with Crippen LogP contribution in [0.15, 0.2) is 12.7 Å². The first-order valence-electron chi connectivity index (χ1n) is 10.0. The van der Waals surface area contributed by atoms with Crippen molar-refractivity contribution in [3.63, 3.8) is 0 Å². The summed E-state index contributed by atoms with van der Waals surface area (Å²) in [4.78, 5) is 49.5. The number of carbonyl (C=O) groups excluding carboxylic acids is 4. The van der Waals surface area contributed by atoms with E-state index in [9.17, 15) is 19.2 Å². The molecule has 1 saturated heterocycles. The highest BCUT2D eigenvalue weighted by Gasteiger charge is 2.38. The Balaban J connectivity index is 2.81. The summed E-state index contributed by atoms with van der Waals surface area (Å²) < 4.78 is 4.77. The van der Waals surface area contributed by atoms with Crippen LogP contribution < -0.4 is 10.6 Å². The molecule has 4 amide bonds. The standard InChI is InChI=1S/C20H33N3O5/c1-4-8-15(6-3)12-16(13-21-14-24)19(26)23-10-7-9-17(23)18(25)22-20(27)28-11-5-2/h5,14-17H,2,4,6-13H2,1,3H3,(H,21,24)(H,22,25,27).